The molecule has 11 heteroatoms. The molecule has 2 aliphatic rings. The maximum Gasteiger partial charge on any atom is 0.573 e. The number of halogens is 5. The summed E-state index contributed by atoms with van der Waals surface area (Å²) >= 11 is 6.09. The van der Waals surface area contributed by atoms with E-state index in [-0.39, 0.29) is 29.4 Å². The molecule has 1 amide bonds. The van der Waals surface area contributed by atoms with Crippen molar-refractivity contribution in [1.82, 2.24) is 19.6 Å². The molecule has 3 heterocycles. The fraction of sp³-hybridized carbons (Fsp3) is 0.400. The summed E-state index contributed by atoms with van der Waals surface area (Å²) in [5, 5.41) is 3.34. The third kappa shape index (κ3) is 7.29. The largest absolute Gasteiger partial charge is 0.573 e. The van der Waals surface area contributed by atoms with E-state index in [1.807, 2.05) is 6.92 Å². The van der Waals surface area contributed by atoms with Crippen LogP contribution in [0.25, 0.3) is 5.65 Å². The van der Waals surface area contributed by atoms with Crippen molar-refractivity contribution in [2.24, 2.45) is 5.41 Å². The molecule has 1 saturated heterocycles. The Balaban J connectivity index is 0.00000189. The molecule has 5 rings (SSSR count). The SMILES string of the molecule is C=C.CCc1nc2ccc(Cl)cn2c1C(=O)NCC/C=C(/F)CN1CC2(CC(c3ccc(OC(F)(F)F)cc3)C2)C1. The average Bonchev–Trinajstić information content (AvgIpc) is 3.26. The Kier molecular flexibility index (Phi) is 9.44. The molecule has 1 aliphatic heterocycles. The van der Waals surface area contributed by atoms with Crippen LogP contribution in [0.4, 0.5) is 17.6 Å². The number of carbonyl (C=O) groups excluding carboxylic acids is 1. The molecule has 1 saturated carbocycles. The number of pyridine rings is 1. The Labute approximate surface area is 241 Å². The van der Waals surface area contributed by atoms with Crippen LogP contribution in [-0.4, -0.2) is 52.7 Å². The molecule has 1 aromatic carbocycles. The number of aromatic nitrogens is 2. The minimum atomic E-state index is -4.70. The quantitative estimate of drug-likeness (QED) is 0.164. The lowest BCUT2D eigenvalue weighted by Crippen LogP contribution is -2.61. The molecule has 6 nitrogen and oxygen atoms in total. The second kappa shape index (κ2) is 12.7. The number of rotatable bonds is 9. The fourth-order valence-electron chi connectivity index (χ4n) is 5.77. The van der Waals surface area contributed by atoms with Crippen LogP contribution in [0.15, 0.2) is 67.7 Å². The van der Waals surface area contributed by atoms with E-state index in [2.05, 4.69) is 33.1 Å². The van der Waals surface area contributed by atoms with E-state index in [4.69, 9.17) is 11.6 Å². The number of nitrogens with one attached hydrogen (secondary N) is 1. The third-order valence-corrected chi connectivity index (χ3v) is 7.66. The molecule has 2 aromatic heterocycles. The van der Waals surface area contributed by atoms with Crippen LogP contribution in [0.1, 0.15) is 53.8 Å². The van der Waals surface area contributed by atoms with E-state index in [9.17, 15) is 22.4 Å². The minimum absolute atomic E-state index is 0.161. The van der Waals surface area contributed by atoms with Crippen molar-refractivity contribution >= 4 is 23.2 Å². The van der Waals surface area contributed by atoms with Crippen molar-refractivity contribution in [2.75, 3.05) is 26.2 Å². The van der Waals surface area contributed by atoms with Crippen molar-refractivity contribution < 1.29 is 27.1 Å². The molecule has 2 fully saturated rings. The number of hydrogen-bond donors (Lipinski definition) is 1. The van der Waals surface area contributed by atoms with Gasteiger partial charge in [0.1, 0.15) is 22.9 Å². The zero-order valence-corrected chi connectivity index (χ0v) is 23.6. The highest BCUT2D eigenvalue weighted by Gasteiger charge is 2.52. The molecule has 220 valence electrons. The van der Waals surface area contributed by atoms with Crippen LogP contribution in [0.2, 0.25) is 5.02 Å². The first-order chi connectivity index (χ1) is 19.5. The van der Waals surface area contributed by atoms with Gasteiger partial charge >= 0.3 is 6.36 Å². The molecule has 1 aliphatic carbocycles. The lowest BCUT2D eigenvalue weighted by atomic mass is 9.56. The minimum Gasteiger partial charge on any atom is -0.406 e. The second-order valence-corrected chi connectivity index (χ2v) is 10.8. The van der Waals surface area contributed by atoms with E-state index < -0.39 is 6.36 Å². The van der Waals surface area contributed by atoms with E-state index in [0.717, 1.165) is 31.5 Å². The maximum atomic E-state index is 14.5. The summed E-state index contributed by atoms with van der Waals surface area (Å²) in [6.07, 6.45) is 1.31. The van der Waals surface area contributed by atoms with Crippen LogP contribution in [0.5, 0.6) is 5.75 Å². The van der Waals surface area contributed by atoms with Crippen molar-refractivity contribution in [3.05, 3.63) is 89.6 Å². The lowest BCUT2D eigenvalue weighted by molar-refractivity contribution is -0.274. The molecule has 3 aromatic rings. The number of fused-ring (bicyclic) bond motifs is 1. The van der Waals surface area contributed by atoms with Gasteiger partial charge in [0.05, 0.1) is 10.7 Å². The van der Waals surface area contributed by atoms with Crippen molar-refractivity contribution in [3.63, 3.8) is 0 Å². The standard InChI is InChI=1S/C28H29ClF4N4O2.C2H4/c1-2-23-25(37-14-20(29)7-10-24(37)35-23)26(38)34-11-3-4-21(30)15-36-16-27(17-36)12-19(13-27)18-5-8-22(9-6-18)39-28(31,32)33;1-2/h4-10,14,19H,2-3,11-13,15-17H2,1H3,(H,34,38);1-2H2/b21-4+;. The molecule has 0 unspecified atom stereocenters. The highest BCUT2D eigenvalue weighted by atomic mass is 35.5. The number of carbonyl (C=O) groups is 1. The average molecular weight is 593 g/mol. The summed E-state index contributed by atoms with van der Waals surface area (Å²) in [6, 6.07) is 9.54. The van der Waals surface area contributed by atoms with Crippen molar-refractivity contribution in [3.8, 4) is 5.75 Å². The summed E-state index contributed by atoms with van der Waals surface area (Å²) < 4.78 is 57.1. The molecule has 0 bridgehead atoms. The molecule has 1 spiro atoms. The van der Waals surface area contributed by atoms with Gasteiger partial charge in [0.15, 0.2) is 0 Å². The topological polar surface area (TPSA) is 58.9 Å². The Morgan fingerprint density at radius 1 is 1.20 bits per heavy atom. The monoisotopic (exact) mass is 592 g/mol. The number of aryl methyl sites for hydroxylation is 1. The zero-order chi connectivity index (χ0) is 29.8. The van der Waals surface area contributed by atoms with Crippen LogP contribution in [0.3, 0.4) is 0 Å². The molecular formula is C30H33ClF4N4O2. The first-order valence-corrected chi connectivity index (χ1v) is 13.8. The predicted octanol–water partition coefficient (Wildman–Crippen LogP) is 7.10. The summed E-state index contributed by atoms with van der Waals surface area (Å²) in [6.45, 7) is 10.0. The summed E-state index contributed by atoms with van der Waals surface area (Å²) in [7, 11) is 0. The van der Waals surface area contributed by atoms with Gasteiger partial charge in [-0.25, -0.2) is 9.37 Å². The second-order valence-electron chi connectivity index (χ2n) is 10.4. The van der Waals surface area contributed by atoms with E-state index in [1.165, 1.54) is 18.2 Å². The predicted molar refractivity (Wildman–Crippen MR) is 151 cm³/mol. The van der Waals surface area contributed by atoms with Crippen molar-refractivity contribution in [2.45, 2.75) is 44.9 Å². The Morgan fingerprint density at radius 2 is 1.88 bits per heavy atom. The maximum absolute atomic E-state index is 14.5. The number of imidazole rings is 1. The third-order valence-electron chi connectivity index (χ3n) is 7.44. The lowest BCUT2D eigenvalue weighted by Gasteiger charge is -2.59. The Hall–Kier alpha value is -3.37. The number of amides is 1. The van der Waals surface area contributed by atoms with E-state index >= 15 is 0 Å². The van der Waals surface area contributed by atoms with Crippen LogP contribution < -0.4 is 10.1 Å². The van der Waals surface area contributed by atoms with Gasteiger partial charge in [0.2, 0.25) is 0 Å². The fourth-order valence-corrected chi connectivity index (χ4v) is 5.93. The summed E-state index contributed by atoms with van der Waals surface area (Å²) in [5.41, 5.74) is 2.92. The first kappa shape index (κ1) is 30.6. The molecular weight excluding hydrogens is 560 g/mol. The molecule has 0 atom stereocenters. The molecule has 41 heavy (non-hydrogen) atoms. The van der Waals surface area contributed by atoms with E-state index in [0.29, 0.717) is 47.4 Å². The number of hydrogen-bond acceptors (Lipinski definition) is 4. The number of benzene rings is 1. The normalized spacial score (nSPS) is 17.0. The zero-order valence-electron chi connectivity index (χ0n) is 22.8. The Morgan fingerprint density at radius 3 is 2.51 bits per heavy atom. The smallest absolute Gasteiger partial charge is 0.406 e. The highest BCUT2D eigenvalue weighted by Crippen LogP contribution is 2.56. The summed E-state index contributed by atoms with van der Waals surface area (Å²) in [4.78, 5) is 19.3. The molecule has 1 N–H and O–H groups in total. The van der Waals surface area contributed by atoms with Crippen molar-refractivity contribution in [1.29, 1.82) is 0 Å². The van der Waals surface area contributed by atoms with Gasteiger partial charge in [-0.2, -0.15) is 0 Å². The van der Waals surface area contributed by atoms with Gasteiger partial charge in [0.25, 0.3) is 5.91 Å². The molecule has 0 radical (unpaired) electrons. The highest BCUT2D eigenvalue weighted by molar-refractivity contribution is 6.30. The number of alkyl halides is 3. The van der Waals surface area contributed by atoms with Crippen LogP contribution in [-0.2, 0) is 6.42 Å². The van der Waals surface area contributed by atoms with Gasteiger partial charge in [-0.3, -0.25) is 14.1 Å². The van der Waals surface area contributed by atoms with Crippen LogP contribution in [0, 0.1) is 5.41 Å². The Bertz CT molecular complexity index is 1390. The van der Waals surface area contributed by atoms with Gasteiger partial charge in [-0.1, -0.05) is 30.7 Å². The number of ether oxygens (including phenoxy) is 1. The van der Waals surface area contributed by atoms with E-state index in [1.54, 1.807) is 34.9 Å². The van der Waals surface area contributed by atoms with Gasteiger partial charge in [-0.05, 0) is 72.9 Å². The van der Waals surface area contributed by atoms with Gasteiger partial charge < -0.3 is 10.1 Å². The number of likely N-dealkylation sites (tertiary alicyclic amines) is 1. The first-order valence-electron chi connectivity index (χ1n) is 13.4. The van der Waals surface area contributed by atoms with Gasteiger partial charge in [0, 0.05) is 32.4 Å². The number of nitrogens with zero attached hydrogens (tertiary/aromatic N) is 3. The van der Waals surface area contributed by atoms with Crippen LogP contribution >= 0.6 is 11.6 Å². The summed E-state index contributed by atoms with van der Waals surface area (Å²) in [5.74, 6) is -0.426. The van der Waals surface area contributed by atoms with Gasteiger partial charge in [-0.15, -0.1) is 26.3 Å².